The molecule has 10 heteroatoms. The Labute approximate surface area is 158 Å². The van der Waals surface area contributed by atoms with E-state index in [1.807, 2.05) is 0 Å². The Morgan fingerprint density at radius 2 is 1.96 bits per heavy atom. The van der Waals surface area contributed by atoms with Gasteiger partial charge in [-0.25, -0.2) is 18.7 Å². The van der Waals surface area contributed by atoms with E-state index in [0.717, 1.165) is 15.0 Å². The fourth-order valence-electron chi connectivity index (χ4n) is 2.96. The smallest absolute Gasteiger partial charge is 0.354 e. The molecule has 0 radical (unpaired) electrons. The number of halogens is 1. The molecule has 1 aliphatic heterocycles. The Kier molecular flexibility index (Phi) is 4.30. The highest BCUT2D eigenvalue weighted by Gasteiger charge is 2.33. The van der Waals surface area contributed by atoms with Gasteiger partial charge in [0, 0.05) is 5.69 Å². The Morgan fingerprint density at radius 3 is 2.61 bits per heavy atom. The first-order chi connectivity index (χ1) is 13.4. The number of rotatable bonds is 5. The number of hydrogen-bond donors (Lipinski definition) is 1. The minimum Gasteiger partial charge on any atom is -0.465 e. The van der Waals surface area contributed by atoms with Crippen molar-refractivity contribution in [2.45, 2.75) is 26.6 Å². The molecular weight excluding hydrogens is 369 g/mol. The molecule has 1 aliphatic rings. The third-order valence-electron chi connectivity index (χ3n) is 4.32. The third kappa shape index (κ3) is 3.20. The number of fused-ring (bicyclic) bond motifs is 1. The van der Waals surface area contributed by atoms with Crippen LogP contribution in [0.5, 0.6) is 0 Å². The number of benzene rings is 1. The van der Waals surface area contributed by atoms with Gasteiger partial charge < -0.3 is 9.73 Å². The second-order valence-corrected chi connectivity index (χ2v) is 6.33. The number of anilines is 1. The highest BCUT2D eigenvalue weighted by atomic mass is 19.1. The zero-order chi connectivity index (χ0) is 19.8. The monoisotopic (exact) mass is 385 g/mol. The fraction of sp³-hybridized carbons (Fsp3) is 0.222. The lowest BCUT2D eigenvalue weighted by Crippen LogP contribution is -2.37. The summed E-state index contributed by atoms with van der Waals surface area (Å²) in [5.41, 5.74) is -0.247. The maximum absolute atomic E-state index is 13.1. The molecule has 3 heterocycles. The number of aryl methyl sites for hydroxylation is 1. The van der Waals surface area contributed by atoms with Crippen LogP contribution in [0.25, 0.3) is 0 Å². The number of aromatic nitrogens is 3. The van der Waals surface area contributed by atoms with Crippen LogP contribution in [0.3, 0.4) is 0 Å². The SMILES string of the molecule is Cc1ccc(CNC(=O)Cn2nc3n(c2=O)C(=O)N(c2ccc(F)cc2)C3)o1. The minimum atomic E-state index is -0.700. The maximum atomic E-state index is 13.1. The van der Waals surface area contributed by atoms with E-state index in [0.29, 0.717) is 11.4 Å². The summed E-state index contributed by atoms with van der Waals surface area (Å²) in [7, 11) is 0. The lowest BCUT2D eigenvalue weighted by Gasteiger charge is -2.14. The van der Waals surface area contributed by atoms with Gasteiger partial charge in [0.1, 0.15) is 23.9 Å². The summed E-state index contributed by atoms with van der Waals surface area (Å²) in [4.78, 5) is 38.4. The second kappa shape index (κ2) is 6.80. The molecule has 4 rings (SSSR count). The fourth-order valence-corrected chi connectivity index (χ4v) is 2.96. The van der Waals surface area contributed by atoms with E-state index in [1.165, 1.54) is 29.2 Å². The number of nitrogens with one attached hydrogen (secondary N) is 1. The summed E-state index contributed by atoms with van der Waals surface area (Å²) in [6, 6.07) is 8.29. The van der Waals surface area contributed by atoms with E-state index in [1.54, 1.807) is 19.1 Å². The van der Waals surface area contributed by atoms with Crippen LogP contribution in [-0.2, 0) is 24.4 Å². The van der Waals surface area contributed by atoms with E-state index < -0.39 is 23.4 Å². The molecule has 0 saturated carbocycles. The molecule has 144 valence electrons. The molecule has 2 amide bonds. The Balaban J connectivity index is 1.45. The van der Waals surface area contributed by atoms with Crippen molar-refractivity contribution in [3.8, 4) is 0 Å². The highest BCUT2D eigenvalue weighted by Crippen LogP contribution is 2.22. The molecule has 0 atom stereocenters. The van der Waals surface area contributed by atoms with E-state index in [4.69, 9.17) is 4.42 Å². The molecule has 0 spiro atoms. The van der Waals surface area contributed by atoms with Crippen molar-refractivity contribution in [3.63, 3.8) is 0 Å². The third-order valence-corrected chi connectivity index (χ3v) is 4.32. The van der Waals surface area contributed by atoms with Crippen LogP contribution >= 0.6 is 0 Å². The first-order valence-corrected chi connectivity index (χ1v) is 8.50. The van der Waals surface area contributed by atoms with Gasteiger partial charge in [0.15, 0.2) is 5.82 Å². The average Bonchev–Trinajstić information content (AvgIpc) is 3.31. The largest absolute Gasteiger partial charge is 0.465 e. The van der Waals surface area contributed by atoms with Gasteiger partial charge in [-0.05, 0) is 43.3 Å². The maximum Gasteiger partial charge on any atom is 0.354 e. The summed E-state index contributed by atoms with van der Waals surface area (Å²) < 4.78 is 20.3. The number of carbonyl (C=O) groups excluding carboxylic acids is 2. The van der Waals surface area contributed by atoms with Crippen LogP contribution in [-0.4, -0.2) is 26.3 Å². The predicted molar refractivity (Wildman–Crippen MR) is 95.2 cm³/mol. The molecule has 0 aliphatic carbocycles. The molecule has 9 nitrogen and oxygen atoms in total. The van der Waals surface area contributed by atoms with Crippen molar-refractivity contribution in [2.24, 2.45) is 0 Å². The molecule has 1 N–H and O–H groups in total. The van der Waals surface area contributed by atoms with E-state index in [9.17, 15) is 18.8 Å². The van der Waals surface area contributed by atoms with Crippen molar-refractivity contribution in [2.75, 3.05) is 4.90 Å². The first kappa shape index (κ1) is 17.7. The molecule has 0 unspecified atom stereocenters. The minimum absolute atomic E-state index is 0.0556. The van der Waals surface area contributed by atoms with E-state index >= 15 is 0 Å². The molecule has 0 saturated heterocycles. The van der Waals surface area contributed by atoms with E-state index in [2.05, 4.69) is 10.4 Å². The van der Waals surface area contributed by atoms with Gasteiger partial charge >= 0.3 is 11.7 Å². The normalized spacial score (nSPS) is 13.1. The Morgan fingerprint density at radius 1 is 1.21 bits per heavy atom. The number of hydrogen-bond acceptors (Lipinski definition) is 5. The van der Waals surface area contributed by atoms with Crippen LogP contribution in [0.4, 0.5) is 14.9 Å². The van der Waals surface area contributed by atoms with Gasteiger partial charge in [-0.1, -0.05) is 0 Å². The van der Waals surface area contributed by atoms with Crippen LogP contribution in [0.15, 0.2) is 45.6 Å². The number of nitrogens with zero attached hydrogens (tertiary/aromatic N) is 4. The molecule has 2 aromatic heterocycles. The standard InChI is InChI=1S/C18H16FN5O4/c1-11-2-7-14(28-11)8-20-16(25)10-23-18(27)24-15(21-23)9-22(17(24)26)13-5-3-12(19)4-6-13/h2-7H,8-10H2,1H3,(H,20,25). The molecule has 0 bridgehead atoms. The summed E-state index contributed by atoms with van der Waals surface area (Å²) in [6.45, 7) is 1.72. The van der Waals surface area contributed by atoms with Crippen molar-refractivity contribution in [1.82, 2.24) is 19.7 Å². The number of carbonyl (C=O) groups is 2. The van der Waals surface area contributed by atoms with Crippen LogP contribution in [0.2, 0.25) is 0 Å². The summed E-state index contributed by atoms with van der Waals surface area (Å²) in [6.07, 6.45) is 0. The molecule has 28 heavy (non-hydrogen) atoms. The lowest BCUT2D eigenvalue weighted by atomic mass is 10.3. The van der Waals surface area contributed by atoms with Gasteiger partial charge in [0.25, 0.3) is 0 Å². The number of furan rings is 1. The van der Waals surface area contributed by atoms with Gasteiger partial charge in [-0.15, -0.1) is 0 Å². The zero-order valence-electron chi connectivity index (χ0n) is 14.9. The van der Waals surface area contributed by atoms with Crippen LogP contribution in [0, 0.1) is 12.7 Å². The second-order valence-electron chi connectivity index (χ2n) is 6.33. The van der Waals surface area contributed by atoms with Crippen molar-refractivity contribution in [1.29, 1.82) is 0 Å². The number of amides is 2. The summed E-state index contributed by atoms with van der Waals surface area (Å²) >= 11 is 0. The lowest BCUT2D eigenvalue weighted by molar-refractivity contribution is -0.122. The topological polar surface area (TPSA) is 102 Å². The quantitative estimate of drug-likeness (QED) is 0.715. The van der Waals surface area contributed by atoms with Crippen molar-refractivity contribution in [3.05, 3.63) is 70.0 Å². The Bertz CT molecular complexity index is 1110. The predicted octanol–water partition coefficient (Wildman–Crippen LogP) is 1.39. The van der Waals surface area contributed by atoms with Crippen LogP contribution < -0.4 is 15.9 Å². The molecule has 1 aromatic carbocycles. The van der Waals surface area contributed by atoms with Crippen LogP contribution in [0.1, 0.15) is 17.3 Å². The van der Waals surface area contributed by atoms with E-state index in [-0.39, 0.29) is 25.5 Å². The van der Waals surface area contributed by atoms with Gasteiger partial charge in [-0.3, -0.25) is 9.69 Å². The van der Waals surface area contributed by atoms with Gasteiger partial charge in [0.05, 0.1) is 13.1 Å². The average molecular weight is 385 g/mol. The highest BCUT2D eigenvalue weighted by molar-refractivity contribution is 5.96. The van der Waals surface area contributed by atoms with Gasteiger partial charge in [0.2, 0.25) is 5.91 Å². The van der Waals surface area contributed by atoms with Crippen molar-refractivity contribution >= 4 is 17.6 Å². The summed E-state index contributed by atoms with van der Waals surface area (Å²) in [5, 5.41) is 6.71. The zero-order valence-corrected chi connectivity index (χ0v) is 14.9. The molecule has 3 aromatic rings. The van der Waals surface area contributed by atoms with Crippen molar-refractivity contribution < 1.29 is 18.4 Å². The van der Waals surface area contributed by atoms with Gasteiger partial charge in [-0.2, -0.15) is 9.67 Å². The molecular formula is C18H16FN5O4. The molecule has 0 fully saturated rings. The summed E-state index contributed by atoms with van der Waals surface area (Å²) in [5.74, 6) is 0.682. The Hall–Kier alpha value is -3.69. The first-order valence-electron chi connectivity index (χ1n) is 8.50.